The summed E-state index contributed by atoms with van der Waals surface area (Å²) in [5, 5.41) is 2.74. The van der Waals surface area contributed by atoms with Gasteiger partial charge in [-0.25, -0.2) is 4.98 Å². The first-order valence-corrected chi connectivity index (χ1v) is 8.50. The fourth-order valence-electron chi connectivity index (χ4n) is 2.77. The molecule has 0 bridgehead atoms. The molecule has 7 nitrogen and oxygen atoms in total. The number of likely N-dealkylation sites (N-methyl/N-ethyl adjacent to an activating group) is 1. The Hall–Kier alpha value is -3.09. The van der Waals surface area contributed by atoms with E-state index in [4.69, 9.17) is 9.47 Å². The van der Waals surface area contributed by atoms with Crippen LogP contribution in [0.2, 0.25) is 0 Å². The van der Waals surface area contributed by atoms with E-state index >= 15 is 0 Å². The van der Waals surface area contributed by atoms with Crippen molar-refractivity contribution in [1.29, 1.82) is 0 Å². The smallest absolute Gasteiger partial charge is 0.282 e. The molecule has 0 aliphatic carbocycles. The second kappa shape index (κ2) is 7.03. The van der Waals surface area contributed by atoms with Crippen LogP contribution in [-0.4, -0.2) is 35.6 Å². The lowest BCUT2D eigenvalue weighted by atomic mass is 10.0. The second-order valence-corrected chi connectivity index (χ2v) is 5.92. The Kier molecular flexibility index (Phi) is 4.79. The summed E-state index contributed by atoms with van der Waals surface area (Å²) >= 11 is 0. The first-order chi connectivity index (χ1) is 12.5. The number of hydrogen-bond acceptors (Lipinski definition) is 5. The molecule has 2 heterocycles. The average molecular weight is 355 g/mol. The van der Waals surface area contributed by atoms with Crippen LogP contribution in [0.4, 0.5) is 11.5 Å². The van der Waals surface area contributed by atoms with Crippen molar-refractivity contribution in [2.75, 3.05) is 23.4 Å². The van der Waals surface area contributed by atoms with Gasteiger partial charge in [-0.2, -0.15) is 0 Å². The maximum absolute atomic E-state index is 12.9. The largest absolute Gasteiger partial charge is 0.494 e. The summed E-state index contributed by atoms with van der Waals surface area (Å²) in [5.74, 6) is 0.540. The minimum absolute atomic E-state index is 0.387. The van der Waals surface area contributed by atoms with Gasteiger partial charge >= 0.3 is 0 Å². The van der Waals surface area contributed by atoms with E-state index in [0.717, 1.165) is 0 Å². The lowest BCUT2D eigenvalue weighted by molar-refractivity contribution is -0.145. The van der Waals surface area contributed by atoms with Crippen molar-refractivity contribution in [2.45, 2.75) is 26.4 Å². The number of carbonyl (C=O) groups is 2. The van der Waals surface area contributed by atoms with Crippen molar-refractivity contribution in [3.8, 4) is 11.5 Å². The molecule has 0 fully saturated rings. The standard InChI is InChI=1S/C19H21N3O4/c1-4-22-16-15(7-6-12-20-16)26-19(3,18(22)24)17(23)21-13-8-10-14(11-9-13)25-5-2/h6-12H,4-5H2,1-3H3,(H,21,23)/t19-/m1/s1. The van der Waals surface area contributed by atoms with Crippen LogP contribution in [0.1, 0.15) is 20.8 Å². The summed E-state index contributed by atoms with van der Waals surface area (Å²) in [7, 11) is 0. The number of rotatable bonds is 5. The maximum Gasteiger partial charge on any atom is 0.282 e. The highest BCUT2D eigenvalue weighted by Crippen LogP contribution is 2.36. The Labute approximate surface area is 151 Å². The molecule has 1 aliphatic heterocycles. The number of ether oxygens (including phenoxy) is 2. The van der Waals surface area contributed by atoms with Gasteiger partial charge in [-0.15, -0.1) is 0 Å². The Bertz CT molecular complexity index is 822. The highest BCUT2D eigenvalue weighted by molar-refractivity contribution is 6.19. The van der Waals surface area contributed by atoms with E-state index in [2.05, 4.69) is 10.3 Å². The van der Waals surface area contributed by atoms with E-state index in [9.17, 15) is 9.59 Å². The van der Waals surface area contributed by atoms with E-state index in [0.29, 0.717) is 36.2 Å². The SMILES string of the molecule is CCOc1ccc(NC(=O)[C@@]2(C)Oc3cccnc3N(CC)C2=O)cc1. The van der Waals surface area contributed by atoms with E-state index < -0.39 is 17.4 Å². The molecule has 0 unspecified atom stereocenters. The van der Waals surface area contributed by atoms with Gasteiger partial charge in [0.25, 0.3) is 17.4 Å². The molecular weight excluding hydrogens is 334 g/mol. The monoisotopic (exact) mass is 355 g/mol. The molecule has 1 atom stereocenters. The zero-order valence-corrected chi connectivity index (χ0v) is 15.0. The topological polar surface area (TPSA) is 80.8 Å². The normalized spacial score (nSPS) is 18.7. The molecule has 1 aliphatic rings. The summed E-state index contributed by atoms with van der Waals surface area (Å²) in [5.41, 5.74) is -1.12. The number of amides is 2. The Morgan fingerprint density at radius 2 is 2.00 bits per heavy atom. The van der Waals surface area contributed by atoms with Crippen molar-refractivity contribution in [1.82, 2.24) is 4.98 Å². The van der Waals surface area contributed by atoms with Crippen LogP contribution >= 0.6 is 0 Å². The highest BCUT2D eigenvalue weighted by Gasteiger charge is 2.50. The third-order valence-electron chi connectivity index (χ3n) is 4.15. The number of fused-ring (bicyclic) bond motifs is 1. The maximum atomic E-state index is 12.9. The number of nitrogens with one attached hydrogen (secondary N) is 1. The van der Waals surface area contributed by atoms with Crippen LogP contribution in [0.25, 0.3) is 0 Å². The number of carbonyl (C=O) groups excluding carboxylic acids is 2. The number of hydrogen-bond donors (Lipinski definition) is 1. The van der Waals surface area contributed by atoms with Crippen LogP contribution in [0, 0.1) is 0 Å². The van der Waals surface area contributed by atoms with Crippen molar-refractivity contribution in [3.63, 3.8) is 0 Å². The van der Waals surface area contributed by atoms with Crippen LogP contribution < -0.4 is 19.7 Å². The molecule has 1 N–H and O–H groups in total. The van der Waals surface area contributed by atoms with Gasteiger partial charge in [0.1, 0.15) is 5.75 Å². The van der Waals surface area contributed by atoms with Gasteiger partial charge < -0.3 is 14.8 Å². The third-order valence-corrected chi connectivity index (χ3v) is 4.15. The number of pyridine rings is 1. The van der Waals surface area contributed by atoms with E-state index in [-0.39, 0.29) is 0 Å². The lowest BCUT2D eigenvalue weighted by Gasteiger charge is -2.38. The molecule has 0 radical (unpaired) electrons. The summed E-state index contributed by atoms with van der Waals surface area (Å²) in [6.45, 7) is 6.14. The van der Waals surface area contributed by atoms with Crippen molar-refractivity contribution in [3.05, 3.63) is 42.6 Å². The zero-order chi connectivity index (χ0) is 18.7. The summed E-state index contributed by atoms with van der Waals surface area (Å²) in [6.07, 6.45) is 1.58. The summed E-state index contributed by atoms with van der Waals surface area (Å²) < 4.78 is 11.2. The molecule has 136 valence electrons. The second-order valence-electron chi connectivity index (χ2n) is 5.92. The van der Waals surface area contributed by atoms with Gasteiger partial charge in [0.05, 0.1) is 6.61 Å². The van der Waals surface area contributed by atoms with E-state index in [1.165, 1.54) is 11.8 Å². The minimum Gasteiger partial charge on any atom is -0.494 e. The van der Waals surface area contributed by atoms with Gasteiger partial charge in [-0.1, -0.05) is 0 Å². The molecule has 1 aromatic carbocycles. The highest BCUT2D eigenvalue weighted by atomic mass is 16.5. The van der Waals surface area contributed by atoms with Gasteiger partial charge in [-0.3, -0.25) is 14.5 Å². The molecule has 1 aromatic heterocycles. The lowest BCUT2D eigenvalue weighted by Crippen LogP contribution is -2.60. The van der Waals surface area contributed by atoms with Crippen LogP contribution in [0.5, 0.6) is 11.5 Å². The zero-order valence-electron chi connectivity index (χ0n) is 15.0. The fraction of sp³-hybridized carbons (Fsp3) is 0.316. The van der Waals surface area contributed by atoms with Crippen molar-refractivity contribution >= 4 is 23.3 Å². The Balaban J connectivity index is 1.85. The molecule has 2 amide bonds. The number of anilines is 2. The average Bonchev–Trinajstić information content (AvgIpc) is 2.64. The first-order valence-electron chi connectivity index (χ1n) is 8.50. The number of nitrogens with zero attached hydrogens (tertiary/aromatic N) is 2. The fourth-order valence-corrected chi connectivity index (χ4v) is 2.77. The minimum atomic E-state index is -1.68. The van der Waals surface area contributed by atoms with Gasteiger partial charge in [0, 0.05) is 18.4 Å². The van der Waals surface area contributed by atoms with Crippen molar-refractivity contribution < 1.29 is 19.1 Å². The van der Waals surface area contributed by atoms with Gasteiger partial charge in [-0.05, 0) is 57.2 Å². The molecule has 0 spiro atoms. The molecule has 2 aromatic rings. The number of aromatic nitrogens is 1. The van der Waals surface area contributed by atoms with E-state index in [1.54, 1.807) is 42.6 Å². The third kappa shape index (κ3) is 3.08. The first kappa shape index (κ1) is 17.7. The van der Waals surface area contributed by atoms with Crippen molar-refractivity contribution in [2.24, 2.45) is 0 Å². The predicted molar refractivity (Wildman–Crippen MR) is 97.5 cm³/mol. The molecule has 7 heteroatoms. The van der Waals surface area contributed by atoms with Crippen LogP contribution in [-0.2, 0) is 9.59 Å². The molecule has 3 rings (SSSR count). The Morgan fingerprint density at radius 1 is 1.27 bits per heavy atom. The quantitative estimate of drug-likeness (QED) is 0.834. The van der Waals surface area contributed by atoms with Crippen LogP contribution in [0.3, 0.4) is 0 Å². The molecular formula is C19H21N3O4. The van der Waals surface area contributed by atoms with Crippen LogP contribution in [0.15, 0.2) is 42.6 Å². The molecule has 0 saturated carbocycles. The Morgan fingerprint density at radius 3 is 2.65 bits per heavy atom. The van der Waals surface area contributed by atoms with Gasteiger partial charge in [0.2, 0.25) is 0 Å². The summed E-state index contributed by atoms with van der Waals surface area (Å²) in [6, 6.07) is 10.3. The number of benzene rings is 1. The predicted octanol–water partition coefficient (Wildman–Crippen LogP) is 2.62. The molecule has 26 heavy (non-hydrogen) atoms. The molecule has 0 saturated heterocycles. The van der Waals surface area contributed by atoms with E-state index in [1.807, 2.05) is 13.8 Å². The van der Waals surface area contributed by atoms with Gasteiger partial charge in [0.15, 0.2) is 11.6 Å². The summed E-state index contributed by atoms with van der Waals surface area (Å²) in [4.78, 5) is 31.4.